The lowest BCUT2D eigenvalue weighted by Gasteiger charge is -2.26. The van der Waals surface area contributed by atoms with Crippen LogP contribution in [0.15, 0.2) is 35.8 Å². The molecule has 0 bridgehead atoms. The zero-order chi connectivity index (χ0) is 15.5. The fourth-order valence-electron chi connectivity index (χ4n) is 2.52. The van der Waals surface area contributed by atoms with Crippen LogP contribution in [0, 0.1) is 6.92 Å². The van der Waals surface area contributed by atoms with E-state index in [1.54, 1.807) is 22.1 Å². The minimum atomic E-state index is -0.127. The first-order valence-corrected chi connectivity index (χ1v) is 8.09. The Balaban J connectivity index is 1.88. The number of rotatable bonds is 4. The third kappa shape index (κ3) is 3.01. The number of hydrogen-bond donors (Lipinski definition) is 0. The smallest absolute Gasteiger partial charge is 0.261 e. The number of aryl methyl sites for hydroxylation is 1. The second-order valence-electron chi connectivity index (χ2n) is 5.32. The maximum absolute atomic E-state index is 12.8. The van der Waals surface area contributed by atoms with Gasteiger partial charge in [-0.2, -0.15) is 0 Å². The zero-order valence-electron chi connectivity index (χ0n) is 12.4. The molecule has 0 unspecified atom stereocenters. The molecule has 0 atom stereocenters. The van der Waals surface area contributed by atoms with Crippen LogP contribution in [-0.2, 0) is 4.79 Å². The molecule has 0 radical (unpaired) electrons. The fraction of sp³-hybridized carbons (Fsp3) is 0.312. The van der Waals surface area contributed by atoms with Gasteiger partial charge in [-0.25, -0.2) is 4.98 Å². The van der Waals surface area contributed by atoms with Crippen molar-refractivity contribution in [3.05, 3.63) is 47.0 Å². The maximum atomic E-state index is 12.8. The van der Waals surface area contributed by atoms with Gasteiger partial charge < -0.3 is 4.90 Å². The Morgan fingerprint density at radius 1 is 1.45 bits per heavy atom. The van der Waals surface area contributed by atoms with Crippen LogP contribution >= 0.6 is 11.3 Å². The van der Waals surface area contributed by atoms with Crippen LogP contribution in [0.25, 0.3) is 0 Å². The first-order chi connectivity index (χ1) is 10.6. The molecular weight excluding hydrogens is 298 g/mol. The summed E-state index contributed by atoms with van der Waals surface area (Å²) in [4.78, 5) is 32.2. The Labute approximate surface area is 133 Å². The highest BCUT2D eigenvalue weighted by Gasteiger charge is 2.27. The number of benzene rings is 1. The van der Waals surface area contributed by atoms with E-state index in [9.17, 15) is 9.59 Å². The Bertz CT molecular complexity index is 684. The monoisotopic (exact) mass is 315 g/mol. The molecule has 1 aliphatic rings. The highest BCUT2D eigenvalue weighted by Crippen LogP contribution is 2.22. The molecule has 1 aromatic carbocycles. The van der Waals surface area contributed by atoms with E-state index in [4.69, 9.17) is 0 Å². The van der Waals surface area contributed by atoms with Gasteiger partial charge in [-0.1, -0.05) is 17.7 Å². The number of aromatic nitrogens is 1. The number of likely N-dealkylation sites (tertiary alicyclic amines) is 1. The summed E-state index contributed by atoms with van der Waals surface area (Å²) in [6.07, 6.45) is 3.08. The summed E-state index contributed by atoms with van der Waals surface area (Å²) in [7, 11) is 0. The van der Waals surface area contributed by atoms with E-state index in [-0.39, 0.29) is 18.5 Å². The Kier molecular flexibility index (Phi) is 4.20. The van der Waals surface area contributed by atoms with Crippen molar-refractivity contribution in [2.75, 3.05) is 18.1 Å². The fourth-order valence-corrected chi connectivity index (χ4v) is 3.15. The summed E-state index contributed by atoms with van der Waals surface area (Å²) in [6.45, 7) is 2.91. The van der Waals surface area contributed by atoms with Gasteiger partial charge in [-0.05, 0) is 25.5 Å². The van der Waals surface area contributed by atoms with Gasteiger partial charge in [0.2, 0.25) is 5.91 Å². The minimum absolute atomic E-state index is 0.0959. The topological polar surface area (TPSA) is 53.5 Å². The molecule has 1 aliphatic heterocycles. The van der Waals surface area contributed by atoms with E-state index in [1.807, 2.05) is 30.5 Å². The Morgan fingerprint density at radius 2 is 2.32 bits per heavy atom. The van der Waals surface area contributed by atoms with Gasteiger partial charge in [0.25, 0.3) is 5.91 Å². The molecular formula is C16H17N3O2S. The van der Waals surface area contributed by atoms with E-state index in [1.165, 1.54) is 11.3 Å². The Hall–Kier alpha value is -2.21. The number of amides is 2. The number of nitrogens with zero attached hydrogens (tertiary/aromatic N) is 3. The maximum Gasteiger partial charge on any atom is 0.261 e. The second-order valence-corrected chi connectivity index (χ2v) is 6.19. The van der Waals surface area contributed by atoms with Crippen molar-refractivity contribution in [2.45, 2.75) is 19.8 Å². The lowest BCUT2D eigenvalue weighted by molar-refractivity contribution is -0.127. The van der Waals surface area contributed by atoms with Crippen molar-refractivity contribution in [1.29, 1.82) is 0 Å². The van der Waals surface area contributed by atoms with Gasteiger partial charge in [0.05, 0.1) is 0 Å². The van der Waals surface area contributed by atoms with Crippen molar-refractivity contribution >= 4 is 28.3 Å². The number of anilines is 1. The molecule has 3 rings (SSSR count). The van der Waals surface area contributed by atoms with Crippen LogP contribution in [0.1, 0.15) is 28.8 Å². The normalized spacial score (nSPS) is 14.4. The molecule has 22 heavy (non-hydrogen) atoms. The number of thiazole rings is 1. The van der Waals surface area contributed by atoms with Crippen LogP contribution in [0.5, 0.6) is 0 Å². The second kappa shape index (κ2) is 6.27. The highest BCUT2D eigenvalue weighted by molar-refractivity contribution is 7.13. The van der Waals surface area contributed by atoms with Crippen molar-refractivity contribution in [2.24, 2.45) is 0 Å². The molecule has 0 N–H and O–H groups in total. The molecule has 2 amide bonds. The predicted octanol–water partition coefficient (Wildman–Crippen LogP) is 2.68. The average Bonchev–Trinajstić information content (AvgIpc) is 3.16. The standard InChI is InChI=1S/C16H17N3O2S/c1-12-4-2-5-13(10-12)15(21)19(16-17-7-9-22-16)11-18-8-3-6-14(18)20/h2,4-5,7,9-10H,3,6,8,11H2,1H3. The van der Waals surface area contributed by atoms with Crippen LogP contribution in [-0.4, -0.2) is 34.9 Å². The van der Waals surface area contributed by atoms with Gasteiger partial charge >= 0.3 is 0 Å². The summed E-state index contributed by atoms with van der Waals surface area (Å²) in [5, 5.41) is 2.45. The van der Waals surface area contributed by atoms with Crippen molar-refractivity contribution < 1.29 is 9.59 Å². The molecule has 0 aliphatic carbocycles. The van der Waals surface area contributed by atoms with Gasteiger partial charge in [0.1, 0.15) is 6.67 Å². The third-order valence-electron chi connectivity index (χ3n) is 3.64. The van der Waals surface area contributed by atoms with Gasteiger partial charge in [0.15, 0.2) is 5.13 Å². The zero-order valence-corrected chi connectivity index (χ0v) is 13.2. The summed E-state index contributed by atoms with van der Waals surface area (Å²) >= 11 is 1.40. The van der Waals surface area contributed by atoms with E-state index >= 15 is 0 Å². The van der Waals surface area contributed by atoms with E-state index in [2.05, 4.69) is 4.98 Å². The van der Waals surface area contributed by atoms with Crippen LogP contribution < -0.4 is 4.90 Å². The number of carbonyl (C=O) groups excluding carboxylic acids is 2. The van der Waals surface area contributed by atoms with Crippen molar-refractivity contribution in [3.63, 3.8) is 0 Å². The average molecular weight is 315 g/mol. The molecule has 2 aromatic rings. The molecule has 114 valence electrons. The molecule has 2 heterocycles. The summed E-state index contributed by atoms with van der Waals surface area (Å²) in [5.41, 5.74) is 1.64. The van der Waals surface area contributed by atoms with Crippen LogP contribution in [0.4, 0.5) is 5.13 Å². The van der Waals surface area contributed by atoms with E-state index in [0.717, 1.165) is 12.0 Å². The van der Waals surface area contributed by atoms with Crippen LogP contribution in [0.2, 0.25) is 0 Å². The highest BCUT2D eigenvalue weighted by atomic mass is 32.1. The van der Waals surface area contributed by atoms with E-state index in [0.29, 0.717) is 23.7 Å². The molecule has 0 spiro atoms. The summed E-state index contributed by atoms with van der Waals surface area (Å²) in [5.74, 6) is -0.0306. The van der Waals surface area contributed by atoms with Crippen LogP contribution in [0.3, 0.4) is 0 Å². The Morgan fingerprint density at radius 3 is 2.95 bits per heavy atom. The predicted molar refractivity (Wildman–Crippen MR) is 85.9 cm³/mol. The number of carbonyl (C=O) groups is 2. The largest absolute Gasteiger partial charge is 0.324 e. The molecule has 1 aromatic heterocycles. The third-order valence-corrected chi connectivity index (χ3v) is 4.44. The molecule has 5 nitrogen and oxygen atoms in total. The SMILES string of the molecule is Cc1cccc(C(=O)N(CN2CCCC2=O)c2nccs2)c1. The first kappa shape index (κ1) is 14.7. The lowest BCUT2D eigenvalue weighted by atomic mass is 10.1. The van der Waals surface area contributed by atoms with Crippen molar-refractivity contribution in [1.82, 2.24) is 9.88 Å². The summed E-state index contributed by atoms with van der Waals surface area (Å²) < 4.78 is 0. The molecule has 0 saturated carbocycles. The van der Waals surface area contributed by atoms with Gasteiger partial charge in [-0.3, -0.25) is 14.5 Å². The number of hydrogen-bond acceptors (Lipinski definition) is 4. The van der Waals surface area contributed by atoms with E-state index < -0.39 is 0 Å². The quantitative estimate of drug-likeness (QED) is 0.871. The van der Waals surface area contributed by atoms with Crippen molar-refractivity contribution in [3.8, 4) is 0 Å². The molecule has 1 fully saturated rings. The molecule has 1 saturated heterocycles. The lowest BCUT2D eigenvalue weighted by Crippen LogP contribution is -2.42. The van der Waals surface area contributed by atoms with Gasteiger partial charge in [-0.15, -0.1) is 11.3 Å². The first-order valence-electron chi connectivity index (χ1n) is 7.21. The minimum Gasteiger partial charge on any atom is -0.324 e. The van der Waals surface area contributed by atoms with Gasteiger partial charge in [0, 0.05) is 30.1 Å². The summed E-state index contributed by atoms with van der Waals surface area (Å²) in [6, 6.07) is 7.47. The molecule has 6 heteroatoms.